The van der Waals surface area contributed by atoms with Crippen molar-refractivity contribution < 1.29 is 0 Å². The summed E-state index contributed by atoms with van der Waals surface area (Å²) in [6, 6.07) is 11.8. The van der Waals surface area contributed by atoms with E-state index in [-0.39, 0.29) is 17.1 Å². The van der Waals surface area contributed by atoms with E-state index in [9.17, 15) is 4.79 Å². The first-order valence-electron chi connectivity index (χ1n) is 12.6. The molecule has 1 unspecified atom stereocenters. The van der Waals surface area contributed by atoms with Crippen LogP contribution in [-0.4, -0.2) is 66.2 Å². The maximum absolute atomic E-state index is 13.5. The molecule has 0 bridgehead atoms. The third-order valence-electron chi connectivity index (χ3n) is 7.40. The minimum atomic E-state index is -0.347. The Bertz CT molecular complexity index is 1390. The van der Waals surface area contributed by atoms with Gasteiger partial charge < -0.3 is 4.98 Å². The highest BCUT2D eigenvalue weighted by atomic mass is 16.1. The SMILES string of the molecule is CCC(C)(C)n1nnnc1C(c1cc2cc(C)ccc2[nH]c1=O)N1CCN(Cc2cccnc2)CC1. The van der Waals surface area contributed by atoms with Crippen LogP contribution in [0.15, 0.2) is 53.6 Å². The van der Waals surface area contributed by atoms with Gasteiger partial charge in [0.25, 0.3) is 5.56 Å². The standard InChI is InChI=1S/C27H34N8O/c1-5-27(3,4)35-25(30-31-32-35)24(22-16-21-15-19(2)8-9-23(21)29-26(22)36)34-13-11-33(12-14-34)18-20-7-6-10-28-17-20/h6-10,15-17,24H,5,11-14,18H2,1-4H3,(H,29,36). The zero-order valence-electron chi connectivity index (χ0n) is 21.5. The van der Waals surface area contributed by atoms with E-state index in [1.165, 1.54) is 5.56 Å². The molecular formula is C27H34N8O. The molecule has 4 heterocycles. The summed E-state index contributed by atoms with van der Waals surface area (Å²) < 4.78 is 1.90. The maximum atomic E-state index is 13.5. The lowest BCUT2D eigenvalue weighted by Crippen LogP contribution is -2.49. The zero-order chi connectivity index (χ0) is 25.3. The minimum Gasteiger partial charge on any atom is -0.322 e. The van der Waals surface area contributed by atoms with Crippen LogP contribution in [0, 0.1) is 6.92 Å². The van der Waals surface area contributed by atoms with Crippen molar-refractivity contribution in [3.8, 4) is 0 Å². The van der Waals surface area contributed by atoms with E-state index in [0.29, 0.717) is 11.4 Å². The normalized spacial score (nSPS) is 16.4. The lowest BCUT2D eigenvalue weighted by molar-refractivity contribution is 0.0968. The molecule has 1 N–H and O–H groups in total. The van der Waals surface area contributed by atoms with Crippen molar-refractivity contribution in [1.82, 2.24) is 40.0 Å². The Morgan fingerprint density at radius 1 is 1.11 bits per heavy atom. The van der Waals surface area contributed by atoms with Crippen LogP contribution >= 0.6 is 0 Å². The molecule has 1 aliphatic rings. The van der Waals surface area contributed by atoms with E-state index in [4.69, 9.17) is 0 Å². The van der Waals surface area contributed by atoms with Crippen molar-refractivity contribution in [3.63, 3.8) is 0 Å². The van der Waals surface area contributed by atoms with Gasteiger partial charge in [-0.2, -0.15) is 0 Å². The lowest BCUT2D eigenvalue weighted by Gasteiger charge is -2.39. The van der Waals surface area contributed by atoms with Crippen LogP contribution in [0.3, 0.4) is 0 Å². The first-order chi connectivity index (χ1) is 17.4. The Balaban J connectivity index is 1.52. The number of nitrogens with one attached hydrogen (secondary N) is 1. The van der Waals surface area contributed by atoms with Gasteiger partial charge in [0.1, 0.15) is 6.04 Å². The second-order valence-electron chi connectivity index (χ2n) is 10.3. The van der Waals surface area contributed by atoms with Gasteiger partial charge in [0, 0.05) is 56.2 Å². The third-order valence-corrected chi connectivity index (χ3v) is 7.40. The highest BCUT2D eigenvalue weighted by Gasteiger charge is 2.35. The fourth-order valence-electron chi connectivity index (χ4n) is 4.92. The summed E-state index contributed by atoms with van der Waals surface area (Å²) in [5.41, 5.74) is 3.49. The number of hydrogen-bond donors (Lipinski definition) is 1. The van der Waals surface area contributed by atoms with Crippen molar-refractivity contribution in [1.29, 1.82) is 0 Å². The molecule has 1 fully saturated rings. The smallest absolute Gasteiger partial charge is 0.253 e. The van der Waals surface area contributed by atoms with E-state index in [0.717, 1.165) is 55.6 Å². The first kappa shape index (κ1) is 24.3. The summed E-state index contributed by atoms with van der Waals surface area (Å²) in [4.78, 5) is 25.6. The van der Waals surface area contributed by atoms with Gasteiger partial charge >= 0.3 is 0 Å². The highest BCUT2D eigenvalue weighted by molar-refractivity contribution is 5.79. The van der Waals surface area contributed by atoms with Crippen LogP contribution in [0.4, 0.5) is 0 Å². The summed E-state index contributed by atoms with van der Waals surface area (Å²) in [5.74, 6) is 0.708. The zero-order valence-corrected chi connectivity index (χ0v) is 21.5. The quantitative estimate of drug-likeness (QED) is 0.428. The summed E-state index contributed by atoms with van der Waals surface area (Å²) in [5, 5.41) is 13.9. The molecule has 36 heavy (non-hydrogen) atoms. The van der Waals surface area contributed by atoms with Gasteiger partial charge in [0.15, 0.2) is 5.82 Å². The number of fused-ring (bicyclic) bond motifs is 1. The Hall–Kier alpha value is -3.43. The number of piperazine rings is 1. The van der Waals surface area contributed by atoms with Crippen molar-refractivity contribution in [2.75, 3.05) is 26.2 Å². The minimum absolute atomic E-state index is 0.0991. The van der Waals surface area contributed by atoms with E-state index >= 15 is 0 Å². The Morgan fingerprint density at radius 2 is 1.92 bits per heavy atom. The van der Waals surface area contributed by atoms with E-state index in [1.807, 2.05) is 35.1 Å². The highest BCUT2D eigenvalue weighted by Crippen LogP contribution is 2.31. The molecule has 9 nitrogen and oxygen atoms in total. The van der Waals surface area contributed by atoms with Gasteiger partial charge in [-0.3, -0.25) is 19.6 Å². The average Bonchev–Trinajstić information content (AvgIpc) is 3.37. The summed E-state index contributed by atoms with van der Waals surface area (Å²) >= 11 is 0. The Kier molecular flexibility index (Phi) is 6.68. The number of aromatic nitrogens is 6. The van der Waals surface area contributed by atoms with E-state index in [1.54, 1.807) is 6.20 Å². The van der Waals surface area contributed by atoms with Gasteiger partial charge in [0.2, 0.25) is 0 Å². The van der Waals surface area contributed by atoms with Crippen LogP contribution in [0.25, 0.3) is 10.9 Å². The Labute approximate surface area is 211 Å². The molecule has 188 valence electrons. The monoisotopic (exact) mass is 486 g/mol. The van der Waals surface area contributed by atoms with Crippen LogP contribution in [-0.2, 0) is 12.1 Å². The fraction of sp³-hybridized carbons (Fsp3) is 0.444. The first-order valence-corrected chi connectivity index (χ1v) is 12.6. The Morgan fingerprint density at radius 3 is 2.64 bits per heavy atom. The molecule has 5 rings (SSSR count). The van der Waals surface area contributed by atoms with Gasteiger partial charge in [0.05, 0.1) is 5.54 Å². The molecule has 9 heteroatoms. The van der Waals surface area contributed by atoms with Crippen LogP contribution in [0.5, 0.6) is 0 Å². The molecular weight excluding hydrogens is 452 g/mol. The summed E-state index contributed by atoms with van der Waals surface area (Å²) in [6.45, 7) is 12.7. The number of nitrogens with zero attached hydrogens (tertiary/aromatic N) is 7. The number of aryl methyl sites for hydroxylation is 1. The molecule has 0 aliphatic carbocycles. The van der Waals surface area contributed by atoms with Crippen molar-refractivity contribution in [2.24, 2.45) is 0 Å². The van der Waals surface area contributed by atoms with Gasteiger partial charge in [-0.15, -0.1) is 5.10 Å². The van der Waals surface area contributed by atoms with Gasteiger partial charge in [-0.1, -0.05) is 24.6 Å². The predicted octanol–water partition coefficient (Wildman–Crippen LogP) is 3.27. The summed E-state index contributed by atoms with van der Waals surface area (Å²) in [6.07, 6.45) is 4.59. The van der Waals surface area contributed by atoms with E-state index in [2.05, 4.69) is 75.1 Å². The van der Waals surface area contributed by atoms with Crippen LogP contribution in [0.2, 0.25) is 0 Å². The molecule has 0 spiro atoms. The number of tetrazole rings is 1. The fourth-order valence-corrected chi connectivity index (χ4v) is 4.92. The molecule has 1 atom stereocenters. The molecule has 0 radical (unpaired) electrons. The van der Waals surface area contributed by atoms with Crippen LogP contribution < -0.4 is 5.56 Å². The molecule has 0 amide bonds. The molecule has 1 saturated heterocycles. The van der Waals surface area contributed by atoms with Gasteiger partial charge in [-0.25, -0.2) is 4.68 Å². The second kappa shape index (κ2) is 9.91. The number of hydrogen-bond acceptors (Lipinski definition) is 7. The average molecular weight is 487 g/mol. The molecule has 4 aromatic rings. The van der Waals surface area contributed by atoms with Crippen molar-refractivity contribution >= 4 is 10.9 Å². The molecule has 1 aliphatic heterocycles. The topological polar surface area (TPSA) is 95.8 Å². The predicted molar refractivity (Wildman–Crippen MR) is 140 cm³/mol. The molecule has 1 aromatic carbocycles. The maximum Gasteiger partial charge on any atom is 0.253 e. The number of aromatic amines is 1. The molecule has 3 aromatic heterocycles. The summed E-state index contributed by atoms with van der Waals surface area (Å²) in [7, 11) is 0. The number of H-pyrrole nitrogens is 1. The number of pyridine rings is 2. The second-order valence-corrected chi connectivity index (χ2v) is 10.3. The molecule has 0 saturated carbocycles. The van der Waals surface area contributed by atoms with Crippen molar-refractivity contribution in [2.45, 2.75) is 52.2 Å². The lowest BCUT2D eigenvalue weighted by atomic mass is 9.98. The number of benzene rings is 1. The van der Waals surface area contributed by atoms with Gasteiger partial charge in [-0.05, 0) is 72.8 Å². The van der Waals surface area contributed by atoms with Crippen molar-refractivity contribution in [3.05, 3.63) is 81.7 Å². The van der Waals surface area contributed by atoms with Crippen LogP contribution in [0.1, 0.15) is 55.7 Å². The largest absolute Gasteiger partial charge is 0.322 e. The number of rotatable bonds is 7. The van der Waals surface area contributed by atoms with E-state index < -0.39 is 0 Å². The third kappa shape index (κ3) is 4.81.